The fraction of sp³-hybridized carbons (Fsp3) is 0.700. The van der Waals surface area contributed by atoms with Gasteiger partial charge in [0.05, 0.1) is 0 Å². The Balaban J connectivity index is 2.31. The van der Waals surface area contributed by atoms with Crippen molar-refractivity contribution in [3.8, 4) is 0 Å². The topological polar surface area (TPSA) is 20.3 Å². The van der Waals surface area contributed by atoms with Crippen molar-refractivity contribution in [1.82, 2.24) is 4.90 Å². The molecule has 0 atom stereocenters. The van der Waals surface area contributed by atoms with Crippen LogP contribution in [0.1, 0.15) is 26.2 Å². The third-order valence-corrected chi connectivity index (χ3v) is 2.22. The van der Waals surface area contributed by atoms with E-state index in [0.29, 0.717) is 12.2 Å². The molecule has 0 aliphatic carbocycles. The number of carbonyl (C=O) groups is 1. The van der Waals surface area contributed by atoms with Crippen LogP contribution < -0.4 is 0 Å². The van der Waals surface area contributed by atoms with Crippen LogP contribution in [0.2, 0.25) is 0 Å². The third kappa shape index (κ3) is 3.18. The van der Waals surface area contributed by atoms with Crippen LogP contribution in [-0.4, -0.2) is 30.8 Å². The van der Waals surface area contributed by atoms with Crippen LogP contribution in [-0.2, 0) is 4.79 Å². The Morgan fingerprint density at radius 2 is 2.42 bits per heavy atom. The van der Waals surface area contributed by atoms with Crippen molar-refractivity contribution in [2.45, 2.75) is 26.2 Å². The van der Waals surface area contributed by atoms with E-state index in [1.165, 1.54) is 5.57 Å². The molecule has 1 rings (SSSR count). The highest BCUT2D eigenvalue weighted by Crippen LogP contribution is 2.12. The predicted octanol–water partition coefficient (Wildman–Crippen LogP) is 1.62. The molecule has 0 unspecified atom stereocenters. The molecule has 12 heavy (non-hydrogen) atoms. The molecule has 0 amide bonds. The number of nitrogens with zero attached hydrogens (tertiary/aromatic N) is 1. The molecule has 2 nitrogen and oxygen atoms in total. The molecular formula is C10H17NO. The van der Waals surface area contributed by atoms with Gasteiger partial charge < -0.3 is 9.69 Å². The Bertz CT molecular complexity index is 196. The second-order valence-corrected chi connectivity index (χ2v) is 3.59. The summed E-state index contributed by atoms with van der Waals surface area (Å²) in [5.41, 5.74) is 1.43. The van der Waals surface area contributed by atoms with Gasteiger partial charge in [0.25, 0.3) is 0 Å². The lowest BCUT2D eigenvalue weighted by atomic mass is 10.0. The summed E-state index contributed by atoms with van der Waals surface area (Å²) in [6, 6.07) is 0. The Morgan fingerprint density at radius 1 is 1.67 bits per heavy atom. The Hall–Kier alpha value is -0.630. The highest BCUT2D eigenvalue weighted by atomic mass is 16.1. The van der Waals surface area contributed by atoms with E-state index in [9.17, 15) is 4.79 Å². The molecule has 1 aliphatic heterocycles. The average molecular weight is 167 g/mol. The minimum Gasteiger partial charge on any atom is -0.302 e. The van der Waals surface area contributed by atoms with E-state index >= 15 is 0 Å². The molecule has 68 valence electrons. The molecule has 0 bridgehead atoms. The summed E-state index contributed by atoms with van der Waals surface area (Å²) in [6.45, 7) is 3.87. The fourth-order valence-corrected chi connectivity index (χ4v) is 1.50. The molecule has 0 saturated heterocycles. The van der Waals surface area contributed by atoms with Gasteiger partial charge in [-0.1, -0.05) is 11.6 Å². The molecule has 0 aromatic carbocycles. The zero-order valence-electron chi connectivity index (χ0n) is 7.97. The van der Waals surface area contributed by atoms with Gasteiger partial charge in [-0.15, -0.1) is 0 Å². The van der Waals surface area contributed by atoms with Crippen molar-refractivity contribution >= 4 is 5.78 Å². The normalized spacial score (nSPS) is 19.0. The molecule has 0 saturated carbocycles. The maximum atomic E-state index is 10.7. The van der Waals surface area contributed by atoms with Crippen LogP contribution in [0.5, 0.6) is 0 Å². The maximum absolute atomic E-state index is 10.7. The van der Waals surface area contributed by atoms with Gasteiger partial charge in [-0.2, -0.15) is 0 Å². The fourth-order valence-electron chi connectivity index (χ4n) is 1.50. The first kappa shape index (κ1) is 9.46. The van der Waals surface area contributed by atoms with Crippen LogP contribution in [0.3, 0.4) is 0 Å². The Labute approximate surface area is 74.2 Å². The predicted molar refractivity (Wildman–Crippen MR) is 50.1 cm³/mol. The molecule has 0 N–H and O–H groups in total. The highest BCUT2D eigenvalue weighted by molar-refractivity contribution is 5.75. The SMILES string of the molecule is CC(=O)CCC1=CCCN(C)C1. The van der Waals surface area contributed by atoms with Gasteiger partial charge in [0.1, 0.15) is 5.78 Å². The third-order valence-electron chi connectivity index (χ3n) is 2.22. The summed E-state index contributed by atoms with van der Waals surface area (Å²) in [5, 5.41) is 0. The minimum atomic E-state index is 0.295. The minimum absolute atomic E-state index is 0.295. The van der Waals surface area contributed by atoms with E-state index in [-0.39, 0.29) is 0 Å². The summed E-state index contributed by atoms with van der Waals surface area (Å²) in [5.74, 6) is 0.295. The van der Waals surface area contributed by atoms with E-state index < -0.39 is 0 Å². The summed E-state index contributed by atoms with van der Waals surface area (Å²) < 4.78 is 0. The lowest BCUT2D eigenvalue weighted by Crippen LogP contribution is -2.25. The van der Waals surface area contributed by atoms with Crippen molar-refractivity contribution in [2.75, 3.05) is 20.1 Å². The van der Waals surface area contributed by atoms with Gasteiger partial charge in [0.2, 0.25) is 0 Å². The standard InChI is InChI=1S/C10H17NO/c1-9(12)5-6-10-4-3-7-11(2)8-10/h4H,3,5-8H2,1-2H3. The van der Waals surface area contributed by atoms with Gasteiger partial charge in [-0.05, 0) is 26.8 Å². The second kappa shape index (κ2) is 4.41. The molecule has 1 heterocycles. The van der Waals surface area contributed by atoms with Crippen LogP contribution in [0.15, 0.2) is 11.6 Å². The lowest BCUT2D eigenvalue weighted by Gasteiger charge is -2.22. The average Bonchev–Trinajstić information content (AvgIpc) is 2.01. The molecule has 0 spiro atoms. The number of ketones is 1. The van der Waals surface area contributed by atoms with Crippen molar-refractivity contribution in [2.24, 2.45) is 0 Å². The van der Waals surface area contributed by atoms with Crippen LogP contribution >= 0.6 is 0 Å². The molecular weight excluding hydrogens is 150 g/mol. The molecule has 1 aliphatic rings. The number of rotatable bonds is 3. The number of likely N-dealkylation sites (N-methyl/N-ethyl adjacent to an activating group) is 1. The van der Waals surface area contributed by atoms with E-state index in [2.05, 4.69) is 18.0 Å². The number of carbonyl (C=O) groups excluding carboxylic acids is 1. The molecule has 0 aromatic rings. The summed E-state index contributed by atoms with van der Waals surface area (Å²) >= 11 is 0. The lowest BCUT2D eigenvalue weighted by molar-refractivity contribution is -0.116. The number of hydrogen-bond donors (Lipinski definition) is 0. The van der Waals surface area contributed by atoms with Gasteiger partial charge in [0, 0.05) is 19.5 Å². The zero-order chi connectivity index (χ0) is 8.97. The van der Waals surface area contributed by atoms with Crippen molar-refractivity contribution < 1.29 is 4.79 Å². The van der Waals surface area contributed by atoms with E-state index in [0.717, 1.165) is 25.9 Å². The van der Waals surface area contributed by atoms with E-state index in [1.807, 2.05) is 0 Å². The number of hydrogen-bond acceptors (Lipinski definition) is 2. The Kier molecular flexibility index (Phi) is 3.48. The summed E-state index contributed by atoms with van der Waals surface area (Å²) in [6.07, 6.45) is 5.09. The van der Waals surface area contributed by atoms with Crippen LogP contribution in [0.4, 0.5) is 0 Å². The monoisotopic (exact) mass is 167 g/mol. The molecule has 2 heteroatoms. The Morgan fingerprint density at radius 3 is 3.00 bits per heavy atom. The molecule has 0 radical (unpaired) electrons. The van der Waals surface area contributed by atoms with Crippen molar-refractivity contribution in [1.29, 1.82) is 0 Å². The highest BCUT2D eigenvalue weighted by Gasteiger charge is 2.08. The maximum Gasteiger partial charge on any atom is 0.130 e. The van der Waals surface area contributed by atoms with E-state index in [4.69, 9.17) is 0 Å². The van der Waals surface area contributed by atoms with Crippen molar-refractivity contribution in [3.63, 3.8) is 0 Å². The summed E-state index contributed by atoms with van der Waals surface area (Å²) in [7, 11) is 2.13. The first-order chi connectivity index (χ1) is 5.68. The summed E-state index contributed by atoms with van der Waals surface area (Å²) in [4.78, 5) is 13.0. The van der Waals surface area contributed by atoms with Crippen LogP contribution in [0, 0.1) is 0 Å². The van der Waals surface area contributed by atoms with E-state index in [1.54, 1.807) is 6.92 Å². The van der Waals surface area contributed by atoms with Gasteiger partial charge in [-0.3, -0.25) is 0 Å². The first-order valence-electron chi connectivity index (χ1n) is 4.54. The zero-order valence-corrected chi connectivity index (χ0v) is 7.97. The quantitative estimate of drug-likeness (QED) is 0.595. The van der Waals surface area contributed by atoms with Gasteiger partial charge >= 0.3 is 0 Å². The number of Topliss-reactive ketones (excluding diaryl/α,β-unsaturated/α-hetero) is 1. The van der Waals surface area contributed by atoms with Gasteiger partial charge in [0.15, 0.2) is 0 Å². The second-order valence-electron chi connectivity index (χ2n) is 3.59. The molecule has 0 aromatic heterocycles. The largest absolute Gasteiger partial charge is 0.302 e. The molecule has 0 fully saturated rings. The van der Waals surface area contributed by atoms with Gasteiger partial charge in [-0.25, -0.2) is 0 Å². The smallest absolute Gasteiger partial charge is 0.130 e. The van der Waals surface area contributed by atoms with Crippen LogP contribution in [0.25, 0.3) is 0 Å². The van der Waals surface area contributed by atoms with Crippen molar-refractivity contribution in [3.05, 3.63) is 11.6 Å². The first-order valence-corrected chi connectivity index (χ1v) is 4.54.